The molecule has 1 saturated heterocycles. The minimum Gasteiger partial charge on any atom is -0.375 e. The highest BCUT2D eigenvalue weighted by atomic mass is 19.4. The smallest absolute Gasteiger partial charge is 0.375 e. The van der Waals surface area contributed by atoms with Crippen LogP contribution in [-0.2, 0) is 17.5 Å². The third kappa shape index (κ3) is 4.21. The molecule has 1 N–H and O–H groups in total. The lowest BCUT2D eigenvalue weighted by atomic mass is 9.94. The number of alkyl halides is 3. The predicted molar refractivity (Wildman–Crippen MR) is 71.3 cm³/mol. The Bertz CT molecular complexity index is 439. The van der Waals surface area contributed by atoms with Crippen LogP contribution >= 0.6 is 0 Å². The molecule has 1 fully saturated rings. The molecule has 0 saturated carbocycles. The summed E-state index contributed by atoms with van der Waals surface area (Å²) >= 11 is 0. The molecule has 5 heteroatoms. The molecule has 112 valence electrons. The van der Waals surface area contributed by atoms with Crippen molar-refractivity contribution in [3.8, 4) is 0 Å². The molecule has 0 aromatic heterocycles. The lowest BCUT2D eigenvalue weighted by Gasteiger charge is -2.36. The molecule has 1 aromatic carbocycles. The fourth-order valence-corrected chi connectivity index (χ4v) is 2.48. The van der Waals surface area contributed by atoms with E-state index in [1.54, 1.807) is 0 Å². The number of ether oxygens (including phenoxy) is 1. The van der Waals surface area contributed by atoms with Crippen LogP contribution in [0.2, 0.25) is 0 Å². The van der Waals surface area contributed by atoms with Crippen molar-refractivity contribution in [1.29, 1.82) is 0 Å². The van der Waals surface area contributed by atoms with Crippen LogP contribution < -0.4 is 5.32 Å². The van der Waals surface area contributed by atoms with Gasteiger partial charge in [0.15, 0.2) is 0 Å². The zero-order chi connectivity index (χ0) is 14.8. The first kappa shape index (κ1) is 15.3. The van der Waals surface area contributed by atoms with Crippen molar-refractivity contribution in [2.75, 3.05) is 6.61 Å². The second kappa shape index (κ2) is 5.74. The molecule has 1 aliphatic rings. The summed E-state index contributed by atoms with van der Waals surface area (Å²) in [5.41, 5.74) is 0.131. The Balaban J connectivity index is 1.88. The van der Waals surface area contributed by atoms with E-state index in [1.807, 2.05) is 0 Å². The van der Waals surface area contributed by atoms with E-state index in [2.05, 4.69) is 19.2 Å². The van der Waals surface area contributed by atoms with E-state index in [0.29, 0.717) is 12.6 Å². The third-order valence-corrected chi connectivity index (χ3v) is 3.57. The van der Waals surface area contributed by atoms with Gasteiger partial charge in [-0.3, -0.25) is 0 Å². The molecule has 0 amide bonds. The summed E-state index contributed by atoms with van der Waals surface area (Å²) in [5.74, 6) is 0. The van der Waals surface area contributed by atoms with E-state index < -0.39 is 11.7 Å². The Kier molecular flexibility index (Phi) is 4.39. The average molecular weight is 287 g/mol. The molecule has 2 nitrogen and oxygen atoms in total. The van der Waals surface area contributed by atoms with Crippen molar-refractivity contribution in [2.45, 2.75) is 51.1 Å². The number of halogens is 3. The number of nitrogens with one attached hydrogen (secondary N) is 1. The summed E-state index contributed by atoms with van der Waals surface area (Å²) in [7, 11) is 0. The first-order valence-electron chi connectivity index (χ1n) is 6.80. The summed E-state index contributed by atoms with van der Waals surface area (Å²) in [6.07, 6.45) is -2.42. The second-order valence-electron chi connectivity index (χ2n) is 5.87. The summed E-state index contributed by atoms with van der Waals surface area (Å²) < 4.78 is 43.0. The van der Waals surface area contributed by atoms with Gasteiger partial charge in [0.1, 0.15) is 0 Å². The molecule has 0 spiro atoms. The Labute approximate surface area is 117 Å². The van der Waals surface area contributed by atoms with Crippen LogP contribution in [0.3, 0.4) is 0 Å². The maximum Gasteiger partial charge on any atom is 0.416 e. The van der Waals surface area contributed by atoms with E-state index in [9.17, 15) is 13.2 Å². The zero-order valence-corrected chi connectivity index (χ0v) is 11.8. The first-order chi connectivity index (χ1) is 9.26. The fourth-order valence-electron chi connectivity index (χ4n) is 2.48. The van der Waals surface area contributed by atoms with Gasteiger partial charge in [-0.1, -0.05) is 12.1 Å². The van der Waals surface area contributed by atoms with Gasteiger partial charge >= 0.3 is 6.18 Å². The van der Waals surface area contributed by atoms with Crippen LogP contribution in [0.15, 0.2) is 24.3 Å². The van der Waals surface area contributed by atoms with Gasteiger partial charge in [-0.15, -0.1) is 0 Å². The van der Waals surface area contributed by atoms with Crippen molar-refractivity contribution in [1.82, 2.24) is 5.32 Å². The normalized spacial score (nSPS) is 22.8. The van der Waals surface area contributed by atoms with Gasteiger partial charge < -0.3 is 10.1 Å². The van der Waals surface area contributed by atoms with Crippen LogP contribution in [-0.4, -0.2) is 18.2 Å². The van der Waals surface area contributed by atoms with Gasteiger partial charge in [0.2, 0.25) is 0 Å². The molecule has 0 radical (unpaired) electrons. The minimum atomic E-state index is -4.27. The monoisotopic (exact) mass is 287 g/mol. The lowest BCUT2D eigenvalue weighted by molar-refractivity contribution is -0.137. The van der Waals surface area contributed by atoms with E-state index in [4.69, 9.17) is 4.74 Å². The zero-order valence-electron chi connectivity index (χ0n) is 11.8. The molecule has 0 aliphatic carbocycles. The van der Waals surface area contributed by atoms with Crippen molar-refractivity contribution in [3.63, 3.8) is 0 Å². The van der Waals surface area contributed by atoms with Gasteiger partial charge in [0, 0.05) is 19.2 Å². The molecular formula is C15H20F3NO. The minimum absolute atomic E-state index is 0.129. The maximum atomic E-state index is 12.5. The summed E-state index contributed by atoms with van der Waals surface area (Å²) in [5, 5.41) is 3.39. The fraction of sp³-hybridized carbons (Fsp3) is 0.600. The van der Waals surface area contributed by atoms with E-state index in [-0.39, 0.29) is 5.60 Å². The second-order valence-corrected chi connectivity index (χ2v) is 5.87. The van der Waals surface area contributed by atoms with Crippen LogP contribution in [0.4, 0.5) is 13.2 Å². The molecule has 1 aromatic rings. The SMILES string of the molecule is CC1(C)CC(NCc2ccc(C(F)(F)F)cc2)CCO1. The molecule has 1 unspecified atom stereocenters. The average Bonchev–Trinajstić information content (AvgIpc) is 2.35. The van der Waals surface area contributed by atoms with Gasteiger partial charge in [-0.2, -0.15) is 13.2 Å². The van der Waals surface area contributed by atoms with E-state index in [1.165, 1.54) is 12.1 Å². The van der Waals surface area contributed by atoms with Gasteiger partial charge in [0.25, 0.3) is 0 Å². The third-order valence-electron chi connectivity index (χ3n) is 3.57. The summed E-state index contributed by atoms with van der Waals surface area (Å²) in [6.45, 7) is 5.41. The number of rotatable bonds is 3. The van der Waals surface area contributed by atoms with E-state index in [0.717, 1.165) is 37.1 Å². The molecular weight excluding hydrogens is 267 g/mol. The van der Waals surface area contributed by atoms with Crippen molar-refractivity contribution in [2.24, 2.45) is 0 Å². The molecule has 2 rings (SSSR count). The predicted octanol–water partition coefficient (Wildman–Crippen LogP) is 3.75. The highest BCUT2D eigenvalue weighted by Crippen LogP contribution is 2.29. The molecule has 0 bridgehead atoms. The quantitative estimate of drug-likeness (QED) is 0.914. The van der Waals surface area contributed by atoms with Crippen molar-refractivity contribution >= 4 is 0 Å². The number of hydrogen-bond donors (Lipinski definition) is 1. The van der Waals surface area contributed by atoms with Crippen molar-refractivity contribution in [3.05, 3.63) is 35.4 Å². The highest BCUT2D eigenvalue weighted by molar-refractivity contribution is 5.24. The molecule has 1 atom stereocenters. The summed E-state index contributed by atoms with van der Waals surface area (Å²) in [4.78, 5) is 0. The van der Waals surface area contributed by atoms with Crippen LogP contribution in [0.1, 0.15) is 37.8 Å². The Morgan fingerprint density at radius 2 is 1.90 bits per heavy atom. The molecule has 20 heavy (non-hydrogen) atoms. The van der Waals surface area contributed by atoms with Gasteiger partial charge in [-0.25, -0.2) is 0 Å². The van der Waals surface area contributed by atoms with Crippen LogP contribution in [0.5, 0.6) is 0 Å². The molecule has 1 aliphatic heterocycles. The summed E-state index contributed by atoms with van der Waals surface area (Å²) in [6, 6.07) is 5.66. The van der Waals surface area contributed by atoms with Crippen molar-refractivity contribution < 1.29 is 17.9 Å². The Hall–Kier alpha value is -1.07. The Morgan fingerprint density at radius 1 is 1.25 bits per heavy atom. The topological polar surface area (TPSA) is 21.3 Å². The highest BCUT2D eigenvalue weighted by Gasteiger charge is 2.30. The standard InChI is InChI=1S/C15H20F3NO/c1-14(2)9-13(7-8-20-14)19-10-11-3-5-12(6-4-11)15(16,17)18/h3-6,13,19H,7-10H2,1-2H3. The Morgan fingerprint density at radius 3 is 2.45 bits per heavy atom. The van der Waals surface area contributed by atoms with Gasteiger partial charge in [0.05, 0.1) is 11.2 Å². The largest absolute Gasteiger partial charge is 0.416 e. The molecule has 1 heterocycles. The lowest BCUT2D eigenvalue weighted by Crippen LogP contribution is -2.43. The van der Waals surface area contributed by atoms with E-state index >= 15 is 0 Å². The van der Waals surface area contributed by atoms with Crippen LogP contribution in [0.25, 0.3) is 0 Å². The number of benzene rings is 1. The van der Waals surface area contributed by atoms with Gasteiger partial charge in [-0.05, 0) is 44.4 Å². The number of hydrogen-bond acceptors (Lipinski definition) is 2. The van der Waals surface area contributed by atoms with Crippen LogP contribution in [0, 0.1) is 0 Å². The first-order valence-corrected chi connectivity index (χ1v) is 6.80. The maximum absolute atomic E-state index is 12.5.